The maximum absolute atomic E-state index is 5.40. The molecule has 3 aromatic heterocycles. The fourth-order valence-electron chi connectivity index (χ4n) is 2.23. The third-order valence-electron chi connectivity index (χ3n) is 3.45. The van der Waals surface area contributed by atoms with Gasteiger partial charge in [-0.15, -0.1) is 0 Å². The number of anilines is 1. The molecule has 6 nitrogen and oxygen atoms in total. The molecule has 0 saturated heterocycles. The quantitative estimate of drug-likeness (QED) is 0.730. The van der Waals surface area contributed by atoms with Crippen LogP contribution in [-0.2, 0) is 4.74 Å². The predicted octanol–water partition coefficient (Wildman–Crippen LogP) is 2.66. The molecule has 1 N–H and O–H groups in total. The van der Waals surface area contributed by atoms with Crippen molar-refractivity contribution in [1.29, 1.82) is 0 Å². The normalized spacial score (nSPS) is 11.2. The van der Waals surface area contributed by atoms with Gasteiger partial charge in [-0.3, -0.25) is 0 Å². The van der Waals surface area contributed by atoms with E-state index < -0.39 is 0 Å². The van der Waals surface area contributed by atoms with Gasteiger partial charge in [0.05, 0.1) is 12.9 Å². The number of ether oxygens (including phenoxy) is 1. The molecule has 0 aliphatic rings. The maximum Gasteiger partial charge on any atom is 0.158 e. The number of aryl methyl sites for hydroxylation is 1. The Balaban J connectivity index is 2.08. The summed E-state index contributed by atoms with van der Waals surface area (Å²) in [5, 5.41) is 7.95. The number of nitrogens with one attached hydrogen (secondary N) is 1. The van der Waals surface area contributed by atoms with Gasteiger partial charge < -0.3 is 14.5 Å². The van der Waals surface area contributed by atoms with Crippen LogP contribution in [-0.4, -0.2) is 34.9 Å². The van der Waals surface area contributed by atoms with E-state index >= 15 is 0 Å². The minimum absolute atomic E-state index is 0.634. The van der Waals surface area contributed by atoms with Crippen LogP contribution in [0.25, 0.3) is 17.1 Å². The summed E-state index contributed by atoms with van der Waals surface area (Å²) in [4.78, 5) is 4.58. The molecule has 0 saturated carbocycles. The molecule has 0 aliphatic heterocycles. The molecule has 0 aliphatic carbocycles. The zero-order chi connectivity index (χ0) is 14.8. The van der Waals surface area contributed by atoms with Gasteiger partial charge in [0, 0.05) is 31.0 Å². The van der Waals surface area contributed by atoms with Crippen LogP contribution in [0.5, 0.6) is 0 Å². The lowest BCUT2D eigenvalue weighted by molar-refractivity contribution is 0.210. The van der Waals surface area contributed by atoms with Crippen LogP contribution in [0.1, 0.15) is 11.3 Å². The lowest BCUT2D eigenvalue weighted by atomic mass is 10.2. The first kappa shape index (κ1) is 13.6. The average molecular weight is 286 g/mol. The highest BCUT2D eigenvalue weighted by atomic mass is 16.5. The summed E-state index contributed by atoms with van der Waals surface area (Å²) in [6.07, 6.45) is 1.64. The number of aromatic nitrogens is 3. The Hall–Kier alpha value is -2.34. The molecule has 0 amide bonds. The van der Waals surface area contributed by atoms with E-state index in [2.05, 4.69) is 15.4 Å². The predicted molar refractivity (Wildman–Crippen MR) is 80.5 cm³/mol. The van der Waals surface area contributed by atoms with E-state index in [1.807, 2.05) is 36.6 Å². The Morgan fingerprint density at radius 3 is 2.95 bits per heavy atom. The second kappa shape index (κ2) is 5.57. The van der Waals surface area contributed by atoms with Crippen LogP contribution in [0.2, 0.25) is 0 Å². The number of furan rings is 1. The Morgan fingerprint density at radius 2 is 2.24 bits per heavy atom. The van der Waals surface area contributed by atoms with Crippen molar-refractivity contribution in [3.05, 3.63) is 35.7 Å². The third kappa shape index (κ3) is 2.50. The van der Waals surface area contributed by atoms with E-state index in [-0.39, 0.29) is 0 Å². The van der Waals surface area contributed by atoms with Crippen LogP contribution in [0.3, 0.4) is 0 Å². The lowest BCUT2D eigenvalue weighted by Gasteiger charge is -2.12. The van der Waals surface area contributed by atoms with Gasteiger partial charge in [-0.2, -0.15) is 9.61 Å². The monoisotopic (exact) mass is 286 g/mol. The summed E-state index contributed by atoms with van der Waals surface area (Å²) < 4.78 is 12.3. The molecule has 0 aromatic carbocycles. The molecule has 0 spiro atoms. The van der Waals surface area contributed by atoms with Crippen LogP contribution < -0.4 is 5.32 Å². The molecule has 0 unspecified atom stereocenters. The zero-order valence-electron chi connectivity index (χ0n) is 12.4. The van der Waals surface area contributed by atoms with Crippen molar-refractivity contribution in [2.75, 3.05) is 25.6 Å². The Labute approximate surface area is 122 Å². The summed E-state index contributed by atoms with van der Waals surface area (Å²) in [5.74, 6) is 1.67. The fraction of sp³-hybridized carbons (Fsp3) is 0.333. The molecule has 0 radical (unpaired) electrons. The van der Waals surface area contributed by atoms with Gasteiger partial charge in [-0.05, 0) is 26.0 Å². The summed E-state index contributed by atoms with van der Waals surface area (Å²) in [7, 11) is 1.69. The van der Waals surface area contributed by atoms with Crippen molar-refractivity contribution in [3.63, 3.8) is 0 Å². The second-order valence-corrected chi connectivity index (χ2v) is 4.87. The van der Waals surface area contributed by atoms with Crippen LogP contribution in [0.4, 0.5) is 5.82 Å². The van der Waals surface area contributed by atoms with Gasteiger partial charge >= 0.3 is 0 Å². The SMILES string of the molecule is COCCNc1c(C)c(C)nc2cc(-c3ccco3)nn12. The molecular weight excluding hydrogens is 268 g/mol. The van der Waals surface area contributed by atoms with E-state index in [4.69, 9.17) is 9.15 Å². The molecule has 110 valence electrons. The van der Waals surface area contributed by atoms with Crippen molar-refractivity contribution < 1.29 is 9.15 Å². The Kier molecular flexibility index (Phi) is 3.62. The van der Waals surface area contributed by atoms with Gasteiger partial charge in [0.1, 0.15) is 11.5 Å². The van der Waals surface area contributed by atoms with Crippen molar-refractivity contribution >= 4 is 11.5 Å². The largest absolute Gasteiger partial charge is 0.463 e. The highest BCUT2D eigenvalue weighted by Crippen LogP contribution is 2.24. The summed E-state index contributed by atoms with van der Waals surface area (Å²) in [5.41, 5.74) is 3.62. The first-order valence-electron chi connectivity index (χ1n) is 6.84. The molecule has 3 heterocycles. The molecule has 0 fully saturated rings. The van der Waals surface area contributed by atoms with Gasteiger partial charge in [0.25, 0.3) is 0 Å². The van der Waals surface area contributed by atoms with Gasteiger partial charge in [-0.25, -0.2) is 4.98 Å². The van der Waals surface area contributed by atoms with Crippen LogP contribution in [0, 0.1) is 13.8 Å². The third-order valence-corrected chi connectivity index (χ3v) is 3.45. The number of methoxy groups -OCH3 is 1. The zero-order valence-corrected chi connectivity index (χ0v) is 12.4. The average Bonchev–Trinajstić information content (AvgIpc) is 3.11. The van der Waals surface area contributed by atoms with Crippen LogP contribution in [0.15, 0.2) is 28.9 Å². The Morgan fingerprint density at radius 1 is 1.38 bits per heavy atom. The van der Waals surface area contributed by atoms with Crippen molar-refractivity contribution in [3.8, 4) is 11.5 Å². The van der Waals surface area contributed by atoms with E-state index in [0.717, 1.165) is 34.2 Å². The molecule has 3 aromatic rings. The number of hydrogen-bond donors (Lipinski definition) is 1. The Bertz CT molecular complexity index is 747. The molecule has 0 atom stereocenters. The molecule has 21 heavy (non-hydrogen) atoms. The van der Waals surface area contributed by atoms with E-state index in [0.29, 0.717) is 13.2 Å². The summed E-state index contributed by atoms with van der Waals surface area (Å²) >= 11 is 0. The minimum atomic E-state index is 0.634. The van der Waals surface area contributed by atoms with Crippen molar-refractivity contribution in [1.82, 2.24) is 14.6 Å². The van der Waals surface area contributed by atoms with Gasteiger partial charge in [0.15, 0.2) is 11.4 Å². The van der Waals surface area contributed by atoms with Crippen LogP contribution >= 0.6 is 0 Å². The van der Waals surface area contributed by atoms with E-state index in [9.17, 15) is 0 Å². The molecule has 3 rings (SSSR count). The smallest absolute Gasteiger partial charge is 0.158 e. The van der Waals surface area contributed by atoms with Gasteiger partial charge in [0.2, 0.25) is 0 Å². The second-order valence-electron chi connectivity index (χ2n) is 4.87. The summed E-state index contributed by atoms with van der Waals surface area (Å²) in [6.45, 7) is 5.38. The standard InChI is InChI=1S/C15H18N4O2/c1-10-11(2)17-14-9-12(13-5-4-7-21-13)18-19(14)15(10)16-6-8-20-3/h4-5,7,9,16H,6,8H2,1-3H3. The number of nitrogens with zero attached hydrogens (tertiary/aromatic N) is 3. The highest BCUT2D eigenvalue weighted by molar-refractivity contribution is 5.63. The fourth-order valence-corrected chi connectivity index (χ4v) is 2.23. The van der Waals surface area contributed by atoms with Crippen molar-refractivity contribution in [2.24, 2.45) is 0 Å². The number of fused-ring (bicyclic) bond motifs is 1. The summed E-state index contributed by atoms with van der Waals surface area (Å²) in [6, 6.07) is 5.66. The number of hydrogen-bond acceptors (Lipinski definition) is 5. The molecule has 6 heteroatoms. The number of rotatable bonds is 5. The first-order chi connectivity index (χ1) is 10.2. The van der Waals surface area contributed by atoms with E-state index in [1.54, 1.807) is 13.4 Å². The minimum Gasteiger partial charge on any atom is -0.463 e. The molecular formula is C15H18N4O2. The van der Waals surface area contributed by atoms with Gasteiger partial charge in [-0.1, -0.05) is 0 Å². The highest BCUT2D eigenvalue weighted by Gasteiger charge is 2.14. The maximum atomic E-state index is 5.40. The first-order valence-corrected chi connectivity index (χ1v) is 6.84. The topological polar surface area (TPSA) is 64.6 Å². The molecule has 0 bridgehead atoms. The van der Waals surface area contributed by atoms with E-state index in [1.165, 1.54) is 0 Å². The van der Waals surface area contributed by atoms with Crippen molar-refractivity contribution in [2.45, 2.75) is 13.8 Å². The lowest BCUT2D eigenvalue weighted by Crippen LogP contribution is -2.13.